The van der Waals surface area contributed by atoms with E-state index in [9.17, 15) is 14.0 Å². The Labute approximate surface area is 157 Å². The summed E-state index contributed by atoms with van der Waals surface area (Å²) in [6, 6.07) is 13.7. The molecule has 0 spiro atoms. The lowest BCUT2D eigenvalue weighted by Gasteiger charge is -2.21. The summed E-state index contributed by atoms with van der Waals surface area (Å²) in [5.74, 6) is -0.372. The molecule has 138 valence electrons. The summed E-state index contributed by atoms with van der Waals surface area (Å²) in [7, 11) is 1.77. The van der Waals surface area contributed by atoms with Crippen LogP contribution in [0.25, 0.3) is 0 Å². The Morgan fingerprint density at radius 1 is 1.12 bits per heavy atom. The second-order valence-electron chi connectivity index (χ2n) is 6.20. The SMILES string of the molecule is CC(C)N(C)C(=O)c1ccc(CNC(=O)CSc2ccccc2F)cc1. The number of rotatable bonds is 7. The van der Waals surface area contributed by atoms with Gasteiger partial charge < -0.3 is 10.2 Å². The molecular formula is C20H23FN2O2S. The molecule has 2 amide bonds. The van der Waals surface area contributed by atoms with Crippen LogP contribution in [0.4, 0.5) is 4.39 Å². The molecule has 0 aliphatic carbocycles. The number of carbonyl (C=O) groups is 2. The Morgan fingerprint density at radius 3 is 2.38 bits per heavy atom. The van der Waals surface area contributed by atoms with Crippen molar-refractivity contribution in [2.75, 3.05) is 12.8 Å². The van der Waals surface area contributed by atoms with Gasteiger partial charge in [0.15, 0.2) is 0 Å². The van der Waals surface area contributed by atoms with Crippen LogP contribution < -0.4 is 5.32 Å². The van der Waals surface area contributed by atoms with Gasteiger partial charge in [0.05, 0.1) is 5.75 Å². The highest BCUT2D eigenvalue weighted by atomic mass is 32.2. The van der Waals surface area contributed by atoms with Crippen LogP contribution >= 0.6 is 11.8 Å². The highest BCUT2D eigenvalue weighted by Gasteiger charge is 2.14. The molecule has 0 atom stereocenters. The standard InChI is InChI=1S/C20H23FN2O2S/c1-14(2)23(3)20(25)16-10-8-15(9-11-16)12-22-19(24)13-26-18-7-5-4-6-17(18)21/h4-11,14H,12-13H2,1-3H3,(H,22,24). The Hall–Kier alpha value is -2.34. The van der Waals surface area contributed by atoms with Crippen molar-refractivity contribution >= 4 is 23.6 Å². The average Bonchev–Trinajstić information content (AvgIpc) is 2.64. The number of nitrogens with one attached hydrogen (secondary N) is 1. The zero-order valence-electron chi connectivity index (χ0n) is 15.2. The molecule has 26 heavy (non-hydrogen) atoms. The largest absolute Gasteiger partial charge is 0.351 e. The number of thioether (sulfide) groups is 1. The Bertz CT molecular complexity index is 763. The maximum absolute atomic E-state index is 13.5. The summed E-state index contributed by atoms with van der Waals surface area (Å²) < 4.78 is 13.5. The van der Waals surface area contributed by atoms with E-state index >= 15 is 0 Å². The molecule has 0 unspecified atom stereocenters. The molecule has 6 heteroatoms. The number of amides is 2. The number of halogens is 1. The Balaban J connectivity index is 1.83. The topological polar surface area (TPSA) is 49.4 Å². The molecule has 2 rings (SSSR count). The van der Waals surface area contributed by atoms with E-state index in [1.807, 2.05) is 26.0 Å². The van der Waals surface area contributed by atoms with Gasteiger partial charge in [-0.3, -0.25) is 9.59 Å². The van der Waals surface area contributed by atoms with Crippen molar-refractivity contribution in [1.29, 1.82) is 0 Å². The van der Waals surface area contributed by atoms with Crippen molar-refractivity contribution in [3.8, 4) is 0 Å². The van der Waals surface area contributed by atoms with E-state index in [0.29, 0.717) is 17.0 Å². The molecule has 0 fully saturated rings. The van der Waals surface area contributed by atoms with Crippen molar-refractivity contribution < 1.29 is 14.0 Å². The molecule has 2 aromatic carbocycles. The third-order valence-electron chi connectivity index (χ3n) is 3.98. The lowest BCUT2D eigenvalue weighted by Crippen LogP contribution is -2.32. The van der Waals surface area contributed by atoms with Crippen molar-refractivity contribution in [3.05, 3.63) is 65.5 Å². The van der Waals surface area contributed by atoms with Gasteiger partial charge in [-0.25, -0.2) is 4.39 Å². The van der Waals surface area contributed by atoms with Crippen LogP contribution in [0.2, 0.25) is 0 Å². The molecule has 0 saturated carbocycles. The van der Waals surface area contributed by atoms with Gasteiger partial charge in [0, 0.05) is 30.1 Å². The first-order valence-electron chi connectivity index (χ1n) is 8.38. The molecule has 1 N–H and O–H groups in total. The summed E-state index contributed by atoms with van der Waals surface area (Å²) in [4.78, 5) is 26.3. The fourth-order valence-electron chi connectivity index (χ4n) is 2.16. The van der Waals surface area contributed by atoms with Gasteiger partial charge in [0.25, 0.3) is 5.91 Å². The lowest BCUT2D eigenvalue weighted by atomic mass is 10.1. The number of hydrogen-bond donors (Lipinski definition) is 1. The molecule has 0 radical (unpaired) electrons. The minimum Gasteiger partial charge on any atom is -0.351 e. The quantitative estimate of drug-likeness (QED) is 0.752. The maximum Gasteiger partial charge on any atom is 0.253 e. The van der Waals surface area contributed by atoms with Crippen LogP contribution in [0.5, 0.6) is 0 Å². The number of hydrogen-bond acceptors (Lipinski definition) is 3. The van der Waals surface area contributed by atoms with E-state index in [0.717, 1.165) is 5.56 Å². The summed E-state index contributed by atoms with van der Waals surface area (Å²) in [6.07, 6.45) is 0. The average molecular weight is 374 g/mol. The molecule has 0 aliphatic rings. The van der Waals surface area contributed by atoms with Gasteiger partial charge in [0.1, 0.15) is 5.82 Å². The number of benzene rings is 2. The van der Waals surface area contributed by atoms with Crippen LogP contribution in [0.3, 0.4) is 0 Å². The number of carbonyl (C=O) groups excluding carboxylic acids is 2. The van der Waals surface area contributed by atoms with Crippen LogP contribution in [-0.2, 0) is 11.3 Å². The predicted molar refractivity (Wildman–Crippen MR) is 103 cm³/mol. The molecular weight excluding hydrogens is 351 g/mol. The van der Waals surface area contributed by atoms with Gasteiger partial charge in [0.2, 0.25) is 5.91 Å². The Kier molecular flexibility index (Phi) is 7.21. The zero-order chi connectivity index (χ0) is 19.1. The first kappa shape index (κ1) is 20.0. The smallest absolute Gasteiger partial charge is 0.253 e. The lowest BCUT2D eigenvalue weighted by molar-refractivity contribution is -0.118. The van der Waals surface area contributed by atoms with E-state index in [2.05, 4.69) is 5.32 Å². The molecule has 2 aromatic rings. The fraction of sp³-hybridized carbons (Fsp3) is 0.300. The van der Waals surface area contributed by atoms with Crippen molar-refractivity contribution in [2.24, 2.45) is 0 Å². The molecule has 0 aromatic heterocycles. The fourth-order valence-corrected chi connectivity index (χ4v) is 2.93. The van der Waals surface area contributed by atoms with E-state index < -0.39 is 0 Å². The second-order valence-corrected chi connectivity index (χ2v) is 7.22. The third-order valence-corrected chi connectivity index (χ3v) is 5.03. The highest BCUT2D eigenvalue weighted by Crippen LogP contribution is 2.20. The van der Waals surface area contributed by atoms with E-state index in [1.165, 1.54) is 17.8 Å². The number of nitrogens with zero attached hydrogens (tertiary/aromatic N) is 1. The first-order chi connectivity index (χ1) is 12.4. The summed E-state index contributed by atoms with van der Waals surface area (Å²) in [5.41, 5.74) is 1.52. The summed E-state index contributed by atoms with van der Waals surface area (Å²) in [6.45, 7) is 4.29. The second kappa shape index (κ2) is 9.38. The minimum absolute atomic E-state index is 0.0307. The predicted octanol–water partition coefficient (Wildman–Crippen LogP) is 3.71. The van der Waals surface area contributed by atoms with Gasteiger partial charge in [-0.1, -0.05) is 24.3 Å². The Morgan fingerprint density at radius 2 is 1.77 bits per heavy atom. The monoisotopic (exact) mass is 374 g/mol. The van der Waals surface area contributed by atoms with Crippen molar-refractivity contribution in [3.63, 3.8) is 0 Å². The van der Waals surface area contributed by atoms with Crippen LogP contribution in [0, 0.1) is 5.82 Å². The minimum atomic E-state index is -0.322. The molecule has 0 aliphatic heterocycles. The normalized spacial score (nSPS) is 10.7. The van der Waals surface area contributed by atoms with E-state index in [-0.39, 0.29) is 29.4 Å². The molecule has 0 bridgehead atoms. The van der Waals surface area contributed by atoms with Crippen molar-refractivity contribution in [2.45, 2.75) is 31.3 Å². The highest BCUT2D eigenvalue weighted by molar-refractivity contribution is 8.00. The van der Waals surface area contributed by atoms with Crippen LogP contribution in [0.1, 0.15) is 29.8 Å². The summed E-state index contributed by atoms with van der Waals surface area (Å²) >= 11 is 1.17. The third kappa shape index (κ3) is 5.59. The molecule has 4 nitrogen and oxygen atoms in total. The van der Waals surface area contributed by atoms with E-state index in [1.54, 1.807) is 42.3 Å². The first-order valence-corrected chi connectivity index (χ1v) is 9.37. The van der Waals surface area contributed by atoms with Gasteiger partial charge >= 0.3 is 0 Å². The van der Waals surface area contributed by atoms with Crippen LogP contribution in [0.15, 0.2) is 53.4 Å². The van der Waals surface area contributed by atoms with Gasteiger partial charge in [-0.05, 0) is 43.7 Å². The zero-order valence-corrected chi connectivity index (χ0v) is 16.0. The van der Waals surface area contributed by atoms with E-state index in [4.69, 9.17) is 0 Å². The van der Waals surface area contributed by atoms with Gasteiger partial charge in [-0.15, -0.1) is 11.8 Å². The molecule has 0 saturated heterocycles. The van der Waals surface area contributed by atoms with Crippen LogP contribution in [-0.4, -0.2) is 35.6 Å². The van der Waals surface area contributed by atoms with Gasteiger partial charge in [-0.2, -0.15) is 0 Å². The van der Waals surface area contributed by atoms with Crippen molar-refractivity contribution in [1.82, 2.24) is 10.2 Å². The summed E-state index contributed by atoms with van der Waals surface area (Å²) in [5, 5.41) is 2.80. The molecule has 0 heterocycles. The maximum atomic E-state index is 13.5.